The Morgan fingerprint density at radius 3 is 2.52 bits per heavy atom. The van der Waals surface area contributed by atoms with Crippen LogP contribution in [0.15, 0.2) is 48.5 Å². The van der Waals surface area contributed by atoms with E-state index in [1.165, 1.54) is 11.5 Å². The molecule has 0 saturated carbocycles. The molecule has 2 atom stereocenters. The van der Waals surface area contributed by atoms with Gasteiger partial charge in [-0.1, -0.05) is 23.7 Å². The summed E-state index contributed by atoms with van der Waals surface area (Å²) in [6, 6.07) is 14.0. The summed E-state index contributed by atoms with van der Waals surface area (Å²) in [5, 5.41) is 4.51. The van der Waals surface area contributed by atoms with Gasteiger partial charge in [-0.25, -0.2) is 4.98 Å². The van der Waals surface area contributed by atoms with Crippen LogP contribution in [0.1, 0.15) is 35.1 Å². The smallest absolute Gasteiger partial charge is 0.203 e. The van der Waals surface area contributed by atoms with Crippen molar-refractivity contribution in [2.45, 2.75) is 31.8 Å². The van der Waals surface area contributed by atoms with Gasteiger partial charge in [0, 0.05) is 34.6 Å². The standard InChI is InChI=1S/C21H23ClN4O2S/c1-13(23)11-18(20(27)15-5-9-17(28-2)10-6-15)24-21-25-19(26-29-21)12-14-3-7-16(22)8-4-14/h3-10,13,18H,11-12,23H2,1-2H3,(H,24,25,26). The van der Waals surface area contributed by atoms with Gasteiger partial charge in [-0.2, -0.15) is 4.37 Å². The van der Waals surface area contributed by atoms with Gasteiger partial charge >= 0.3 is 0 Å². The van der Waals surface area contributed by atoms with Gasteiger partial charge in [0.2, 0.25) is 5.13 Å². The Morgan fingerprint density at radius 1 is 1.21 bits per heavy atom. The highest BCUT2D eigenvalue weighted by atomic mass is 35.5. The van der Waals surface area contributed by atoms with Crippen LogP contribution in [-0.2, 0) is 6.42 Å². The Bertz CT molecular complexity index is 942. The summed E-state index contributed by atoms with van der Waals surface area (Å²) in [6.45, 7) is 1.88. The molecule has 1 heterocycles. The zero-order valence-electron chi connectivity index (χ0n) is 16.3. The molecule has 0 fully saturated rings. The Kier molecular flexibility index (Phi) is 7.19. The Balaban J connectivity index is 1.71. The topological polar surface area (TPSA) is 90.1 Å². The first-order valence-electron chi connectivity index (χ1n) is 9.22. The van der Waals surface area contributed by atoms with E-state index in [0.29, 0.717) is 40.1 Å². The van der Waals surface area contributed by atoms with Crippen molar-refractivity contribution >= 4 is 34.0 Å². The molecule has 29 heavy (non-hydrogen) atoms. The summed E-state index contributed by atoms with van der Waals surface area (Å²) < 4.78 is 9.55. The summed E-state index contributed by atoms with van der Waals surface area (Å²) in [5.74, 6) is 1.35. The first-order chi connectivity index (χ1) is 13.9. The van der Waals surface area contributed by atoms with E-state index in [4.69, 9.17) is 22.1 Å². The number of nitrogens with one attached hydrogen (secondary N) is 1. The number of benzene rings is 2. The molecule has 2 aromatic carbocycles. The highest BCUT2D eigenvalue weighted by molar-refractivity contribution is 7.09. The lowest BCUT2D eigenvalue weighted by atomic mass is 9.99. The molecule has 0 radical (unpaired) electrons. The summed E-state index contributed by atoms with van der Waals surface area (Å²) >= 11 is 7.16. The molecule has 0 aliphatic rings. The van der Waals surface area contributed by atoms with Crippen LogP contribution < -0.4 is 15.8 Å². The molecule has 8 heteroatoms. The van der Waals surface area contributed by atoms with Gasteiger partial charge < -0.3 is 15.8 Å². The average Bonchev–Trinajstić information content (AvgIpc) is 3.15. The average molecular weight is 431 g/mol. The lowest BCUT2D eigenvalue weighted by Crippen LogP contribution is -2.35. The van der Waals surface area contributed by atoms with Crippen LogP contribution in [0.5, 0.6) is 5.75 Å². The number of aromatic nitrogens is 2. The Hall–Kier alpha value is -2.48. The SMILES string of the molecule is COc1ccc(C(=O)C(CC(C)N)Nc2nc(Cc3ccc(Cl)cc3)ns2)cc1. The molecule has 0 aliphatic heterocycles. The number of halogens is 1. The number of nitrogens with two attached hydrogens (primary N) is 1. The number of nitrogens with zero attached hydrogens (tertiary/aromatic N) is 2. The van der Waals surface area contributed by atoms with E-state index in [9.17, 15) is 4.79 Å². The van der Waals surface area contributed by atoms with Crippen molar-refractivity contribution in [2.75, 3.05) is 12.4 Å². The fraction of sp³-hybridized carbons (Fsp3) is 0.286. The van der Waals surface area contributed by atoms with Crippen LogP contribution in [-0.4, -0.2) is 34.3 Å². The molecule has 0 aliphatic carbocycles. The van der Waals surface area contributed by atoms with Crippen molar-refractivity contribution in [3.05, 3.63) is 70.5 Å². The van der Waals surface area contributed by atoms with Gasteiger partial charge in [-0.15, -0.1) is 0 Å². The summed E-state index contributed by atoms with van der Waals surface area (Å²) in [7, 11) is 1.59. The first kappa shape index (κ1) is 21.2. The van der Waals surface area contributed by atoms with Gasteiger partial charge in [0.1, 0.15) is 11.6 Å². The van der Waals surface area contributed by atoms with Crippen molar-refractivity contribution in [1.82, 2.24) is 9.36 Å². The number of ketones is 1. The lowest BCUT2D eigenvalue weighted by Gasteiger charge is -2.19. The number of hydrogen-bond acceptors (Lipinski definition) is 7. The Morgan fingerprint density at radius 2 is 1.90 bits per heavy atom. The highest BCUT2D eigenvalue weighted by Crippen LogP contribution is 2.20. The minimum Gasteiger partial charge on any atom is -0.497 e. The van der Waals surface area contributed by atoms with Crippen LogP contribution in [0.2, 0.25) is 5.02 Å². The number of carbonyl (C=O) groups excluding carboxylic acids is 1. The molecule has 0 bridgehead atoms. The third-order valence-electron chi connectivity index (χ3n) is 4.34. The molecule has 2 unspecified atom stereocenters. The maximum absolute atomic E-state index is 13.0. The zero-order valence-corrected chi connectivity index (χ0v) is 17.8. The fourth-order valence-corrected chi connectivity index (χ4v) is 3.64. The van der Waals surface area contributed by atoms with E-state index >= 15 is 0 Å². The van der Waals surface area contributed by atoms with Crippen molar-refractivity contribution in [1.29, 1.82) is 0 Å². The third kappa shape index (κ3) is 6.00. The molecule has 3 aromatic rings. The summed E-state index contributed by atoms with van der Waals surface area (Å²) in [5.41, 5.74) is 7.63. The van der Waals surface area contributed by atoms with Gasteiger partial charge in [0.15, 0.2) is 5.78 Å². The van der Waals surface area contributed by atoms with E-state index in [1.807, 2.05) is 31.2 Å². The van der Waals surface area contributed by atoms with E-state index in [-0.39, 0.29) is 11.8 Å². The maximum Gasteiger partial charge on any atom is 0.203 e. The molecule has 0 saturated heterocycles. The van der Waals surface area contributed by atoms with Crippen LogP contribution >= 0.6 is 23.1 Å². The van der Waals surface area contributed by atoms with Crippen molar-refractivity contribution in [2.24, 2.45) is 5.73 Å². The molecular formula is C21H23ClN4O2S. The lowest BCUT2D eigenvalue weighted by molar-refractivity contribution is 0.0963. The number of hydrogen-bond donors (Lipinski definition) is 2. The quantitative estimate of drug-likeness (QED) is 0.494. The highest BCUT2D eigenvalue weighted by Gasteiger charge is 2.23. The monoisotopic (exact) mass is 430 g/mol. The van der Waals surface area contributed by atoms with Gasteiger partial charge in [0.05, 0.1) is 13.2 Å². The molecule has 3 N–H and O–H groups in total. The van der Waals surface area contributed by atoms with Crippen LogP contribution in [0.4, 0.5) is 5.13 Å². The first-order valence-corrected chi connectivity index (χ1v) is 10.4. The van der Waals surface area contributed by atoms with E-state index in [1.54, 1.807) is 31.4 Å². The van der Waals surface area contributed by atoms with E-state index < -0.39 is 6.04 Å². The van der Waals surface area contributed by atoms with Crippen LogP contribution in [0, 0.1) is 0 Å². The molecule has 6 nitrogen and oxygen atoms in total. The number of anilines is 1. The Labute approximate surface area is 179 Å². The van der Waals surface area contributed by atoms with E-state index in [2.05, 4.69) is 14.7 Å². The molecular weight excluding hydrogens is 408 g/mol. The molecule has 1 aromatic heterocycles. The minimum absolute atomic E-state index is 0.0422. The largest absolute Gasteiger partial charge is 0.497 e. The van der Waals surface area contributed by atoms with Crippen molar-refractivity contribution in [3.8, 4) is 5.75 Å². The molecule has 0 spiro atoms. The number of carbonyl (C=O) groups is 1. The number of methoxy groups -OCH3 is 1. The number of ether oxygens (including phenoxy) is 1. The fourth-order valence-electron chi connectivity index (χ4n) is 2.88. The normalized spacial score (nSPS) is 13.0. The zero-order chi connectivity index (χ0) is 20.8. The third-order valence-corrected chi connectivity index (χ3v) is 5.28. The summed E-state index contributed by atoms with van der Waals surface area (Å²) in [6.07, 6.45) is 1.08. The van der Waals surface area contributed by atoms with Gasteiger partial charge in [-0.3, -0.25) is 4.79 Å². The van der Waals surface area contributed by atoms with Crippen LogP contribution in [0.3, 0.4) is 0 Å². The summed E-state index contributed by atoms with van der Waals surface area (Å²) in [4.78, 5) is 17.5. The number of rotatable bonds is 9. The van der Waals surface area contributed by atoms with Gasteiger partial charge in [-0.05, 0) is 55.3 Å². The second-order valence-electron chi connectivity index (χ2n) is 6.82. The predicted octanol–water partition coefficient (Wildman–Crippen LogP) is 4.19. The molecule has 0 amide bonds. The minimum atomic E-state index is -0.486. The predicted molar refractivity (Wildman–Crippen MR) is 117 cm³/mol. The van der Waals surface area contributed by atoms with Crippen molar-refractivity contribution < 1.29 is 9.53 Å². The van der Waals surface area contributed by atoms with Crippen LogP contribution in [0.25, 0.3) is 0 Å². The second kappa shape index (κ2) is 9.82. The van der Waals surface area contributed by atoms with Crippen molar-refractivity contribution in [3.63, 3.8) is 0 Å². The second-order valence-corrected chi connectivity index (χ2v) is 8.01. The molecule has 3 rings (SSSR count). The number of Topliss-reactive ketones (excluding diaryl/α,β-unsaturated/α-hetero) is 1. The molecule has 152 valence electrons. The van der Waals surface area contributed by atoms with E-state index in [0.717, 1.165) is 5.56 Å². The van der Waals surface area contributed by atoms with Gasteiger partial charge in [0.25, 0.3) is 0 Å². The maximum atomic E-state index is 13.0.